The topological polar surface area (TPSA) is 135 Å². The van der Waals surface area contributed by atoms with E-state index < -0.39 is 0 Å². The lowest BCUT2D eigenvalue weighted by Gasteiger charge is -2.14. The molecule has 4 N–H and O–H groups in total. The Morgan fingerprint density at radius 2 is 2.04 bits per heavy atom. The maximum Gasteiger partial charge on any atom is 0.289 e. The molecule has 0 saturated heterocycles. The molecule has 27 heavy (non-hydrogen) atoms. The largest absolute Gasteiger partial charge is 0.454 e. The average Bonchev–Trinajstić information content (AvgIpc) is 3.14. The van der Waals surface area contributed by atoms with Gasteiger partial charge in [-0.25, -0.2) is 4.98 Å². The zero-order valence-electron chi connectivity index (χ0n) is 14.4. The molecule has 1 aromatic carbocycles. The van der Waals surface area contributed by atoms with Crippen LogP contribution in [-0.4, -0.2) is 18.5 Å². The third kappa shape index (κ3) is 4.05. The van der Waals surface area contributed by atoms with Crippen molar-refractivity contribution in [2.45, 2.75) is 18.0 Å². The first-order valence-corrected chi connectivity index (χ1v) is 8.98. The molecule has 0 radical (unpaired) electrons. The number of ether oxygens (including phenoxy) is 2. The number of hydrogen-bond acceptors (Lipinski definition) is 7. The highest BCUT2D eigenvalue weighted by Gasteiger charge is 2.19. The maximum atomic E-state index is 12.3. The number of rotatable bonds is 5. The maximum absolute atomic E-state index is 12.3. The first kappa shape index (κ1) is 18.4. The third-order valence-corrected chi connectivity index (χ3v) is 4.95. The number of fused-ring (bicyclic) bond motifs is 1. The van der Waals surface area contributed by atoms with Crippen LogP contribution in [0.4, 0.5) is 5.82 Å². The second-order valence-corrected chi connectivity index (χ2v) is 6.74. The van der Waals surface area contributed by atoms with Gasteiger partial charge in [0.25, 0.3) is 5.82 Å². The molecule has 3 rings (SSSR count). The predicted molar refractivity (Wildman–Crippen MR) is 96.7 cm³/mol. The van der Waals surface area contributed by atoms with E-state index in [9.17, 15) is 10.1 Å². The van der Waals surface area contributed by atoms with Crippen LogP contribution in [0.25, 0.3) is 0 Å². The van der Waals surface area contributed by atoms with Gasteiger partial charge < -0.3 is 14.8 Å². The lowest BCUT2D eigenvalue weighted by atomic mass is 10.1. The monoisotopic (exact) mass is 382 g/mol. The van der Waals surface area contributed by atoms with E-state index in [4.69, 9.17) is 20.5 Å². The fraction of sp³-hybridized carbons (Fsp3) is 0.222. The lowest BCUT2D eigenvalue weighted by molar-refractivity contribution is -0.410. The highest BCUT2D eigenvalue weighted by atomic mass is 32.2. The number of nitrogens with two attached hydrogens (primary N) is 1. The number of carbonyl (C=O) groups excluding carboxylic acids is 1. The summed E-state index contributed by atoms with van der Waals surface area (Å²) < 4.78 is 10.6. The van der Waals surface area contributed by atoms with Gasteiger partial charge in [0, 0.05) is 0 Å². The van der Waals surface area contributed by atoms with Crippen molar-refractivity contribution in [2.75, 3.05) is 18.3 Å². The first-order valence-electron chi connectivity index (χ1n) is 7.99. The zero-order valence-corrected chi connectivity index (χ0v) is 15.2. The molecule has 2 aromatic rings. The van der Waals surface area contributed by atoms with E-state index in [1.54, 1.807) is 0 Å². The molecule has 0 spiro atoms. The lowest BCUT2D eigenvalue weighted by Crippen LogP contribution is -2.28. The van der Waals surface area contributed by atoms with Crippen LogP contribution >= 0.6 is 11.8 Å². The molecule has 0 aliphatic carbocycles. The molecule has 0 unspecified atom stereocenters. The van der Waals surface area contributed by atoms with Crippen LogP contribution in [0.5, 0.6) is 11.5 Å². The number of anilines is 1. The average molecular weight is 382 g/mol. The van der Waals surface area contributed by atoms with E-state index in [1.807, 2.05) is 37.3 Å². The number of hydrogen-bond donors (Lipinski definition) is 2. The number of amides is 1. The number of carbonyl (C=O) groups is 1. The van der Waals surface area contributed by atoms with Crippen molar-refractivity contribution in [1.82, 2.24) is 5.32 Å². The van der Waals surface area contributed by atoms with E-state index in [2.05, 4.69) is 10.3 Å². The normalized spacial score (nSPS) is 12.7. The number of benzene rings is 1. The number of thioether (sulfide) groups is 1. The van der Waals surface area contributed by atoms with Crippen LogP contribution in [0.1, 0.15) is 29.7 Å². The summed E-state index contributed by atoms with van der Waals surface area (Å²) in [6, 6.07) is 10.6. The highest BCUT2D eigenvalue weighted by molar-refractivity contribution is 7.99. The summed E-state index contributed by atoms with van der Waals surface area (Å²) in [5.74, 6) is 1.39. The van der Waals surface area contributed by atoms with Crippen LogP contribution in [0, 0.1) is 22.7 Å². The fourth-order valence-electron chi connectivity index (χ4n) is 2.52. The Bertz CT molecular complexity index is 980. The SMILES string of the molecule is C[C@@H](NC(=O)CSc1[nH+]c(N)c(C#N)cc1C#N)c1ccc2c(c1)OCO2. The summed E-state index contributed by atoms with van der Waals surface area (Å²) in [7, 11) is 0. The number of nitrogens with zero attached hydrogens (tertiary/aromatic N) is 2. The molecule has 1 aliphatic rings. The Hall–Kier alpha value is -3.43. The summed E-state index contributed by atoms with van der Waals surface area (Å²) in [6.07, 6.45) is 0. The smallest absolute Gasteiger partial charge is 0.289 e. The molecular formula is C18H16N5O3S+. The molecule has 9 heteroatoms. The van der Waals surface area contributed by atoms with E-state index >= 15 is 0 Å². The quantitative estimate of drug-likeness (QED) is 0.748. The van der Waals surface area contributed by atoms with Crippen LogP contribution in [0.3, 0.4) is 0 Å². The third-order valence-electron chi connectivity index (χ3n) is 3.93. The molecule has 1 amide bonds. The van der Waals surface area contributed by atoms with Gasteiger partial charge in [-0.2, -0.15) is 10.5 Å². The Morgan fingerprint density at radius 1 is 1.30 bits per heavy atom. The van der Waals surface area contributed by atoms with Crippen molar-refractivity contribution in [3.8, 4) is 23.6 Å². The number of nitrogen functional groups attached to an aromatic ring is 1. The van der Waals surface area contributed by atoms with Gasteiger partial charge in [-0.3, -0.25) is 10.5 Å². The van der Waals surface area contributed by atoms with Crippen molar-refractivity contribution in [1.29, 1.82) is 10.5 Å². The second-order valence-electron chi connectivity index (χ2n) is 5.75. The minimum atomic E-state index is -0.224. The number of aromatic amines is 1. The van der Waals surface area contributed by atoms with Gasteiger partial charge in [0.2, 0.25) is 12.7 Å². The molecule has 0 fully saturated rings. The Balaban J connectivity index is 1.62. The second kappa shape index (κ2) is 7.85. The number of H-pyrrole nitrogens is 1. The molecule has 136 valence electrons. The number of nitrogens with one attached hydrogen (secondary N) is 2. The molecule has 0 bridgehead atoms. The summed E-state index contributed by atoms with van der Waals surface area (Å²) in [5.41, 5.74) is 7.09. The van der Waals surface area contributed by atoms with Crippen LogP contribution < -0.4 is 25.5 Å². The van der Waals surface area contributed by atoms with Gasteiger partial charge in [-0.15, -0.1) is 0 Å². The first-order chi connectivity index (χ1) is 13.0. The van der Waals surface area contributed by atoms with Gasteiger partial charge >= 0.3 is 0 Å². The summed E-state index contributed by atoms with van der Waals surface area (Å²) >= 11 is 1.15. The molecule has 1 aliphatic heterocycles. The van der Waals surface area contributed by atoms with E-state index in [-0.39, 0.29) is 41.4 Å². The number of aromatic nitrogens is 1. The van der Waals surface area contributed by atoms with Gasteiger partial charge in [0.05, 0.1) is 11.8 Å². The van der Waals surface area contributed by atoms with E-state index in [0.717, 1.165) is 17.3 Å². The van der Waals surface area contributed by atoms with Crippen molar-refractivity contribution < 1.29 is 19.3 Å². The molecule has 1 aromatic heterocycles. The minimum absolute atomic E-state index is 0.0887. The Kier molecular flexibility index (Phi) is 5.34. The minimum Gasteiger partial charge on any atom is -0.454 e. The molecule has 1 atom stereocenters. The van der Waals surface area contributed by atoms with Crippen molar-refractivity contribution in [3.63, 3.8) is 0 Å². The fourth-order valence-corrected chi connectivity index (χ4v) is 3.32. The van der Waals surface area contributed by atoms with E-state index in [1.165, 1.54) is 6.07 Å². The summed E-state index contributed by atoms with van der Waals surface area (Å²) in [4.78, 5) is 15.1. The summed E-state index contributed by atoms with van der Waals surface area (Å²) in [6.45, 7) is 2.06. The molecule has 0 saturated carbocycles. The molecule has 8 nitrogen and oxygen atoms in total. The highest BCUT2D eigenvalue weighted by Crippen LogP contribution is 2.34. The zero-order chi connectivity index (χ0) is 19.4. The van der Waals surface area contributed by atoms with Crippen molar-refractivity contribution in [2.24, 2.45) is 0 Å². The van der Waals surface area contributed by atoms with Gasteiger partial charge in [-0.1, -0.05) is 17.8 Å². The van der Waals surface area contributed by atoms with E-state index in [0.29, 0.717) is 16.5 Å². The number of pyridine rings is 1. The number of nitriles is 2. The Morgan fingerprint density at radius 3 is 2.78 bits per heavy atom. The standard InChI is InChI=1S/C18H15N5O3S/c1-10(11-2-3-14-15(5-11)26-9-25-14)22-16(24)8-27-18-13(7-20)4-12(6-19)17(21)23-18/h2-5,10H,8-9H2,1H3,(H2,21,23)(H,22,24)/p+1/t10-/m1/s1. The predicted octanol–water partition coefficient (Wildman–Crippen LogP) is 1.52. The van der Waals surface area contributed by atoms with Crippen LogP contribution in [-0.2, 0) is 4.79 Å². The van der Waals surface area contributed by atoms with Crippen molar-refractivity contribution >= 4 is 23.5 Å². The van der Waals surface area contributed by atoms with Gasteiger partial charge in [0.1, 0.15) is 23.3 Å². The van der Waals surface area contributed by atoms with Crippen molar-refractivity contribution in [3.05, 3.63) is 41.0 Å². The molecule has 2 heterocycles. The van der Waals surface area contributed by atoms with Crippen LogP contribution in [0.15, 0.2) is 29.3 Å². The Labute approximate surface area is 159 Å². The van der Waals surface area contributed by atoms with Crippen LogP contribution in [0.2, 0.25) is 0 Å². The van der Waals surface area contributed by atoms with Gasteiger partial charge in [0.15, 0.2) is 16.5 Å². The summed E-state index contributed by atoms with van der Waals surface area (Å²) in [5, 5.41) is 21.5. The van der Waals surface area contributed by atoms with Gasteiger partial charge in [-0.05, 0) is 30.7 Å². The molecular weight excluding hydrogens is 366 g/mol.